The van der Waals surface area contributed by atoms with Gasteiger partial charge in [-0.05, 0) is 33.7 Å². The molecule has 0 aliphatic rings. The predicted molar refractivity (Wildman–Crippen MR) is 115 cm³/mol. The third-order valence-corrected chi connectivity index (χ3v) is 6.16. The Bertz CT molecular complexity index is 1380. The van der Waals surface area contributed by atoms with E-state index in [1.54, 1.807) is 24.5 Å². The molecule has 0 unspecified atom stereocenters. The second kappa shape index (κ2) is 6.22. The van der Waals surface area contributed by atoms with Gasteiger partial charge in [0.15, 0.2) is 5.43 Å². The Morgan fingerprint density at radius 3 is 2.19 bits per heavy atom. The van der Waals surface area contributed by atoms with Crippen LogP contribution in [0.25, 0.3) is 42.1 Å². The van der Waals surface area contributed by atoms with E-state index in [0.29, 0.717) is 0 Å². The molecule has 0 atom stereocenters. The molecule has 130 valence electrons. The van der Waals surface area contributed by atoms with E-state index in [0.717, 1.165) is 47.8 Å². The van der Waals surface area contributed by atoms with Crippen molar-refractivity contribution >= 4 is 43.0 Å². The summed E-state index contributed by atoms with van der Waals surface area (Å²) in [4.78, 5) is 13.8. The minimum Gasteiger partial charge on any atom is -0.496 e. The van der Waals surface area contributed by atoms with E-state index in [2.05, 4.69) is 30.3 Å². The van der Waals surface area contributed by atoms with E-state index < -0.39 is 0 Å². The first-order chi connectivity index (χ1) is 13.3. The van der Waals surface area contributed by atoms with Crippen molar-refractivity contribution in [2.75, 3.05) is 7.11 Å². The van der Waals surface area contributed by atoms with Crippen LogP contribution < -0.4 is 10.2 Å². The van der Waals surface area contributed by atoms with Gasteiger partial charge in [-0.25, -0.2) is 0 Å². The topological polar surface area (TPSA) is 26.3 Å². The van der Waals surface area contributed by atoms with Crippen LogP contribution in [0.5, 0.6) is 5.75 Å². The Hall–Kier alpha value is -3.17. The maximum atomic E-state index is 12.9. The molecule has 4 aromatic carbocycles. The van der Waals surface area contributed by atoms with E-state index in [9.17, 15) is 4.79 Å². The van der Waals surface area contributed by atoms with Crippen molar-refractivity contribution in [3.63, 3.8) is 0 Å². The van der Waals surface area contributed by atoms with Crippen molar-refractivity contribution in [2.24, 2.45) is 0 Å². The number of methoxy groups -OCH3 is 1. The summed E-state index contributed by atoms with van der Waals surface area (Å²) in [6, 6.07) is 26.1. The first-order valence-electron chi connectivity index (χ1n) is 8.78. The predicted octanol–water partition coefficient (Wildman–Crippen LogP) is 6.24. The lowest BCUT2D eigenvalue weighted by Crippen LogP contribution is -2.00. The van der Waals surface area contributed by atoms with E-state index in [-0.39, 0.29) is 5.43 Å². The van der Waals surface area contributed by atoms with Crippen molar-refractivity contribution in [1.82, 2.24) is 0 Å². The van der Waals surface area contributed by atoms with Crippen molar-refractivity contribution in [2.45, 2.75) is 0 Å². The zero-order chi connectivity index (χ0) is 18.4. The first kappa shape index (κ1) is 16.0. The Balaban J connectivity index is 1.93. The molecule has 0 radical (unpaired) electrons. The Morgan fingerprint density at radius 2 is 1.41 bits per heavy atom. The fourth-order valence-corrected chi connectivity index (χ4v) is 4.96. The third-order valence-electron chi connectivity index (χ3n) is 4.98. The molecule has 0 saturated carbocycles. The second-order valence-electron chi connectivity index (χ2n) is 6.50. The molecule has 0 bridgehead atoms. The first-order valence-corrected chi connectivity index (χ1v) is 9.59. The van der Waals surface area contributed by atoms with Crippen LogP contribution >= 0.6 is 11.3 Å². The molecule has 0 aliphatic heterocycles. The van der Waals surface area contributed by atoms with Gasteiger partial charge in [0.05, 0.1) is 7.11 Å². The highest BCUT2D eigenvalue weighted by molar-refractivity contribution is 7.22. The summed E-state index contributed by atoms with van der Waals surface area (Å²) in [5.74, 6) is 0.781. The van der Waals surface area contributed by atoms with Gasteiger partial charge in [0, 0.05) is 26.6 Å². The average molecular weight is 368 g/mol. The Morgan fingerprint density at radius 1 is 0.741 bits per heavy atom. The smallest absolute Gasteiger partial charge is 0.188 e. The molecule has 5 aromatic rings. The van der Waals surface area contributed by atoms with E-state index in [1.165, 1.54) is 0 Å². The zero-order valence-electron chi connectivity index (χ0n) is 14.7. The average Bonchev–Trinajstić information content (AvgIpc) is 2.72. The fourth-order valence-electron chi connectivity index (χ4n) is 3.68. The van der Waals surface area contributed by atoms with Gasteiger partial charge in [-0.3, -0.25) is 4.79 Å². The van der Waals surface area contributed by atoms with Crippen LogP contribution in [0.2, 0.25) is 0 Å². The van der Waals surface area contributed by atoms with Gasteiger partial charge in [-0.15, -0.1) is 11.3 Å². The summed E-state index contributed by atoms with van der Waals surface area (Å²) in [5.41, 5.74) is 1.02. The number of ether oxygens (including phenoxy) is 1. The molecule has 0 amide bonds. The lowest BCUT2D eigenvalue weighted by Gasteiger charge is -2.13. The number of hydrogen-bond donors (Lipinski definition) is 0. The van der Waals surface area contributed by atoms with Gasteiger partial charge in [0.25, 0.3) is 0 Å². The molecule has 1 heterocycles. The number of hydrogen-bond acceptors (Lipinski definition) is 3. The molecule has 0 fully saturated rings. The molecule has 0 aliphatic carbocycles. The summed E-state index contributed by atoms with van der Waals surface area (Å²) in [7, 11) is 1.67. The van der Waals surface area contributed by atoms with Crippen LogP contribution in [-0.2, 0) is 0 Å². The summed E-state index contributed by atoms with van der Waals surface area (Å²) in [6.07, 6.45) is 0. The number of fused-ring (bicyclic) bond motifs is 4. The van der Waals surface area contributed by atoms with Crippen LogP contribution in [-0.4, -0.2) is 7.11 Å². The molecule has 3 heteroatoms. The molecule has 0 N–H and O–H groups in total. The van der Waals surface area contributed by atoms with Crippen LogP contribution in [0.15, 0.2) is 83.7 Å². The van der Waals surface area contributed by atoms with Crippen LogP contribution in [0, 0.1) is 0 Å². The maximum absolute atomic E-state index is 12.9. The van der Waals surface area contributed by atoms with Crippen molar-refractivity contribution < 1.29 is 4.74 Å². The molecule has 5 rings (SSSR count). The minimum absolute atomic E-state index is 0.0412. The van der Waals surface area contributed by atoms with E-state index in [4.69, 9.17) is 4.74 Å². The second-order valence-corrected chi connectivity index (χ2v) is 7.55. The highest BCUT2D eigenvalue weighted by Crippen LogP contribution is 2.41. The Kier molecular flexibility index (Phi) is 3.69. The largest absolute Gasteiger partial charge is 0.496 e. The van der Waals surface area contributed by atoms with Gasteiger partial charge in [-0.1, -0.05) is 60.7 Å². The summed E-state index contributed by atoms with van der Waals surface area (Å²) < 4.78 is 6.67. The van der Waals surface area contributed by atoms with E-state index >= 15 is 0 Å². The lowest BCUT2D eigenvalue weighted by atomic mass is 10.0. The van der Waals surface area contributed by atoms with Gasteiger partial charge in [0.1, 0.15) is 5.75 Å². The molecule has 0 saturated heterocycles. The number of rotatable bonds is 2. The molecule has 0 spiro atoms. The summed E-state index contributed by atoms with van der Waals surface area (Å²) in [5, 5.41) is 5.24. The summed E-state index contributed by atoms with van der Waals surface area (Å²) in [6.45, 7) is 0. The lowest BCUT2D eigenvalue weighted by molar-refractivity contribution is 0.417. The molecule has 27 heavy (non-hydrogen) atoms. The SMILES string of the molecule is COc1ccc2ccccc2c1-c1cc(=O)c2ccc3ccccc3c2s1. The highest BCUT2D eigenvalue weighted by Gasteiger charge is 2.14. The van der Waals surface area contributed by atoms with Crippen molar-refractivity contribution in [3.05, 3.63) is 89.1 Å². The van der Waals surface area contributed by atoms with Crippen LogP contribution in [0.1, 0.15) is 0 Å². The Labute approximate surface area is 160 Å². The zero-order valence-corrected chi connectivity index (χ0v) is 15.5. The van der Waals surface area contributed by atoms with Crippen molar-refractivity contribution in [1.29, 1.82) is 0 Å². The molecular formula is C24H16O2S. The van der Waals surface area contributed by atoms with Gasteiger partial charge in [0.2, 0.25) is 0 Å². The quantitative estimate of drug-likeness (QED) is 0.345. The third kappa shape index (κ3) is 2.51. The number of benzene rings is 4. The molecule has 1 aromatic heterocycles. The normalized spacial score (nSPS) is 11.3. The van der Waals surface area contributed by atoms with Crippen molar-refractivity contribution in [3.8, 4) is 16.2 Å². The maximum Gasteiger partial charge on any atom is 0.188 e. The fraction of sp³-hybridized carbons (Fsp3) is 0.0417. The minimum atomic E-state index is 0.0412. The van der Waals surface area contributed by atoms with Gasteiger partial charge >= 0.3 is 0 Å². The van der Waals surface area contributed by atoms with E-state index in [1.807, 2.05) is 42.5 Å². The monoisotopic (exact) mass is 368 g/mol. The van der Waals surface area contributed by atoms with Crippen LogP contribution in [0.3, 0.4) is 0 Å². The molecule has 2 nitrogen and oxygen atoms in total. The summed E-state index contributed by atoms with van der Waals surface area (Å²) >= 11 is 1.65. The van der Waals surface area contributed by atoms with Crippen LogP contribution in [0.4, 0.5) is 0 Å². The molecular weight excluding hydrogens is 352 g/mol. The standard InChI is InChI=1S/C24H16O2S/c1-26-21-13-11-15-6-2-4-8-17(15)23(21)22-14-20(25)19-12-10-16-7-3-5-9-18(16)24(19)27-22/h2-14H,1H3. The highest BCUT2D eigenvalue weighted by atomic mass is 32.1. The van der Waals surface area contributed by atoms with Gasteiger partial charge in [-0.2, -0.15) is 0 Å². The van der Waals surface area contributed by atoms with Gasteiger partial charge < -0.3 is 4.74 Å².